The van der Waals surface area contributed by atoms with Crippen molar-refractivity contribution in [3.05, 3.63) is 56.6 Å². The lowest BCUT2D eigenvalue weighted by molar-refractivity contribution is 0.0532. The summed E-state index contributed by atoms with van der Waals surface area (Å²) in [5.74, 6) is -0.951. The minimum Gasteiger partial charge on any atom is -0.507 e. The first-order chi connectivity index (χ1) is 16.7. The Morgan fingerprint density at radius 2 is 1.94 bits per heavy atom. The van der Waals surface area contributed by atoms with Gasteiger partial charge in [-0.05, 0) is 55.0 Å². The molecule has 188 valence electrons. The number of esters is 1. The predicted octanol–water partition coefficient (Wildman–Crippen LogP) is 6.34. The quantitative estimate of drug-likeness (QED) is 0.273. The molecule has 2 N–H and O–H groups in total. The van der Waals surface area contributed by atoms with E-state index in [4.69, 9.17) is 25.8 Å². The molecule has 8 heteroatoms. The fourth-order valence-corrected chi connectivity index (χ4v) is 4.80. The van der Waals surface area contributed by atoms with E-state index in [1.165, 1.54) is 20.3 Å². The van der Waals surface area contributed by atoms with Gasteiger partial charge >= 0.3 is 11.9 Å². The number of rotatable bonds is 11. The molecule has 1 aliphatic rings. The van der Waals surface area contributed by atoms with Gasteiger partial charge in [0.2, 0.25) is 0 Å². The van der Waals surface area contributed by atoms with Crippen molar-refractivity contribution < 1.29 is 34.0 Å². The molecule has 0 aliphatic carbocycles. The normalized spacial score (nSPS) is 12.9. The number of halogens is 1. The number of hydrogen-bond acceptors (Lipinski definition) is 6. The maximum Gasteiger partial charge on any atom is 0.342 e. The number of unbranched alkanes of at least 4 members (excludes halogenated alkanes) is 3. The predicted molar refractivity (Wildman–Crippen MR) is 134 cm³/mol. The maximum atomic E-state index is 12.2. The van der Waals surface area contributed by atoms with Crippen molar-refractivity contribution in [2.45, 2.75) is 59.0 Å². The van der Waals surface area contributed by atoms with Gasteiger partial charge in [0.25, 0.3) is 0 Å². The average Bonchev–Trinajstić information content (AvgIpc) is 3.22. The Morgan fingerprint density at radius 1 is 1.20 bits per heavy atom. The lowest BCUT2D eigenvalue weighted by Gasteiger charge is -2.17. The molecular weight excluding hydrogens is 472 g/mol. The second-order valence-electron chi connectivity index (χ2n) is 8.50. The van der Waals surface area contributed by atoms with Gasteiger partial charge in [-0.3, -0.25) is 0 Å². The first-order valence-corrected chi connectivity index (χ1v) is 12.0. The number of hydrogen-bond donors (Lipinski definition) is 2. The number of phenolic OH excluding ortho intramolecular Hbond substituents is 1. The molecule has 1 aliphatic heterocycles. The van der Waals surface area contributed by atoms with Crippen LogP contribution in [0.4, 0.5) is 0 Å². The molecule has 0 saturated heterocycles. The van der Waals surface area contributed by atoms with Crippen molar-refractivity contribution in [2.75, 3.05) is 14.2 Å². The lowest BCUT2D eigenvalue weighted by atomic mass is 9.91. The van der Waals surface area contributed by atoms with E-state index < -0.39 is 11.9 Å². The SMILES string of the molecule is CCCCCCC(=CCc1c(O)c2c(c(C)c1OC)COC2=O)c1cc(OC)cc(Cl)c1C(=O)O. The van der Waals surface area contributed by atoms with Gasteiger partial charge in [0.05, 0.1) is 24.8 Å². The van der Waals surface area contributed by atoms with Crippen molar-refractivity contribution in [1.29, 1.82) is 0 Å². The van der Waals surface area contributed by atoms with Gasteiger partial charge in [-0.25, -0.2) is 9.59 Å². The zero-order valence-corrected chi connectivity index (χ0v) is 21.3. The van der Waals surface area contributed by atoms with Crippen molar-refractivity contribution in [1.82, 2.24) is 0 Å². The Kier molecular flexibility index (Phi) is 8.67. The summed E-state index contributed by atoms with van der Waals surface area (Å²) in [5, 5.41) is 20.9. The number of ether oxygens (including phenoxy) is 3. The second-order valence-corrected chi connectivity index (χ2v) is 8.90. The molecule has 0 atom stereocenters. The van der Waals surface area contributed by atoms with Crippen LogP contribution in [0.25, 0.3) is 5.57 Å². The zero-order valence-electron chi connectivity index (χ0n) is 20.5. The third-order valence-corrected chi connectivity index (χ3v) is 6.66. The number of carboxylic acid groups (broad SMARTS) is 1. The summed E-state index contributed by atoms with van der Waals surface area (Å²) in [6.45, 7) is 4.03. The molecule has 0 spiro atoms. The van der Waals surface area contributed by atoms with Crippen LogP contribution in [0.15, 0.2) is 18.2 Å². The van der Waals surface area contributed by atoms with Gasteiger partial charge in [-0.1, -0.05) is 43.9 Å². The number of cyclic esters (lactones) is 1. The highest BCUT2D eigenvalue weighted by atomic mass is 35.5. The Balaban J connectivity index is 2.14. The van der Waals surface area contributed by atoms with Gasteiger partial charge in [-0.2, -0.15) is 0 Å². The van der Waals surface area contributed by atoms with E-state index in [-0.39, 0.29) is 34.9 Å². The standard InChI is InChI=1S/C27H31ClO7/c1-5-6-7-8-9-16(19-12-17(33-3)13-21(28)22(19)26(30)31)10-11-18-24(29)23-20(14-35-27(23)32)15(2)25(18)34-4/h10,12-13,29H,5-9,11,14H2,1-4H3,(H,30,31). The summed E-state index contributed by atoms with van der Waals surface area (Å²) in [6, 6.07) is 3.15. The lowest BCUT2D eigenvalue weighted by Crippen LogP contribution is -2.06. The van der Waals surface area contributed by atoms with Crippen LogP contribution in [-0.4, -0.2) is 36.4 Å². The molecule has 0 amide bonds. The van der Waals surface area contributed by atoms with Crippen LogP contribution in [0.5, 0.6) is 17.2 Å². The van der Waals surface area contributed by atoms with E-state index in [9.17, 15) is 19.8 Å². The highest BCUT2D eigenvalue weighted by molar-refractivity contribution is 6.34. The van der Waals surface area contributed by atoms with Crippen molar-refractivity contribution in [3.63, 3.8) is 0 Å². The first-order valence-electron chi connectivity index (χ1n) is 11.6. The third-order valence-electron chi connectivity index (χ3n) is 6.36. The minimum absolute atomic E-state index is 0.000827. The van der Waals surface area contributed by atoms with Crippen molar-refractivity contribution in [3.8, 4) is 17.2 Å². The van der Waals surface area contributed by atoms with Gasteiger partial charge in [-0.15, -0.1) is 0 Å². The molecular formula is C27H31ClO7. The summed E-state index contributed by atoms with van der Waals surface area (Å²) < 4.78 is 16.1. The summed E-state index contributed by atoms with van der Waals surface area (Å²) in [7, 11) is 3.00. The number of phenols is 1. The van der Waals surface area contributed by atoms with Crippen LogP contribution in [0, 0.1) is 6.92 Å². The molecule has 0 unspecified atom stereocenters. The third kappa shape index (κ3) is 5.40. The summed E-state index contributed by atoms with van der Waals surface area (Å²) in [6.07, 6.45) is 6.68. The Bertz CT molecular complexity index is 1170. The number of methoxy groups -OCH3 is 2. The topological polar surface area (TPSA) is 102 Å². The Labute approximate surface area is 210 Å². The van der Waals surface area contributed by atoms with Gasteiger partial charge in [0, 0.05) is 11.1 Å². The van der Waals surface area contributed by atoms with E-state index in [0.29, 0.717) is 34.6 Å². The summed E-state index contributed by atoms with van der Waals surface area (Å²) >= 11 is 6.33. The number of fused-ring (bicyclic) bond motifs is 1. The summed E-state index contributed by atoms with van der Waals surface area (Å²) in [5.41, 5.74) is 3.18. The molecule has 1 heterocycles. The Morgan fingerprint density at radius 3 is 2.57 bits per heavy atom. The average molecular weight is 503 g/mol. The van der Waals surface area contributed by atoms with Crippen LogP contribution >= 0.6 is 11.6 Å². The largest absolute Gasteiger partial charge is 0.507 e. The molecule has 35 heavy (non-hydrogen) atoms. The molecule has 3 rings (SSSR count). The fourth-order valence-electron chi connectivity index (χ4n) is 4.51. The highest BCUT2D eigenvalue weighted by Gasteiger charge is 2.32. The van der Waals surface area contributed by atoms with Crippen LogP contribution in [0.1, 0.15) is 82.0 Å². The van der Waals surface area contributed by atoms with Crippen LogP contribution < -0.4 is 9.47 Å². The van der Waals surface area contributed by atoms with E-state index >= 15 is 0 Å². The van der Waals surface area contributed by atoms with E-state index in [1.54, 1.807) is 6.07 Å². The molecule has 0 saturated carbocycles. The van der Waals surface area contributed by atoms with Gasteiger partial charge in [0.15, 0.2) is 0 Å². The number of aromatic hydroxyl groups is 1. The van der Waals surface area contributed by atoms with Crippen molar-refractivity contribution in [2.24, 2.45) is 0 Å². The summed E-state index contributed by atoms with van der Waals surface area (Å²) in [4.78, 5) is 24.3. The number of carboxylic acids is 1. The number of carbonyl (C=O) groups excluding carboxylic acids is 1. The van der Waals surface area contributed by atoms with Crippen LogP contribution in [-0.2, 0) is 17.8 Å². The molecule has 7 nitrogen and oxygen atoms in total. The smallest absolute Gasteiger partial charge is 0.342 e. The zero-order chi connectivity index (χ0) is 25.7. The number of carbonyl (C=O) groups is 2. The molecule has 0 radical (unpaired) electrons. The monoisotopic (exact) mass is 502 g/mol. The molecule has 2 aromatic carbocycles. The van der Waals surface area contributed by atoms with Crippen LogP contribution in [0.2, 0.25) is 5.02 Å². The number of allylic oxidation sites excluding steroid dienone is 2. The van der Waals surface area contributed by atoms with E-state index in [1.807, 2.05) is 13.0 Å². The van der Waals surface area contributed by atoms with Crippen molar-refractivity contribution >= 4 is 29.1 Å². The molecule has 0 aromatic heterocycles. The number of benzene rings is 2. The molecule has 0 fully saturated rings. The van der Waals surface area contributed by atoms with Gasteiger partial charge < -0.3 is 24.4 Å². The van der Waals surface area contributed by atoms with Gasteiger partial charge in [0.1, 0.15) is 29.4 Å². The second kappa shape index (κ2) is 11.5. The maximum absolute atomic E-state index is 12.2. The van der Waals surface area contributed by atoms with E-state index in [0.717, 1.165) is 36.8 Å². The highest BCUT2D eigenvalue weighted by Crippen LogP contribution is 2.42. The first kappa shape index (κ1) is 26.4. The Hall–Kier alpha value is -3.19. The molecule has 2 aromatic rings. The number of aromatic carboxylic acids is 1. The van der Waals surface area contributed by atoms with E-state index in [2.05, 4.69) is 6.92 Å². The van der Waals surface area contributed by atoms with Crippen LogP contribution in [0.3, 0.4) is 0 Å². The fraction of sp³-hybridized carbons (Fsp3) is 0.407. The molecule has 0 bridgehead atoms. The minimum atomic E-state index is -1.14.